The number of ether oxygens (including phenoxy) is 1. The van der Waals surface area contributed by atoms with Crippen molar-refractivity contribution >= 4 is 17.7 Å². The summed E-state index contributed by atoms with van der Waals surface area (Å²) in [7, 11) is 0. The van der Waals surface area contributed by atoms with Crippen LogP contribution in [0.4, 0.5) is 10.5 Å². The summed E-state index contributed by atoms with van der Waals surface area (Å²) < 4.78 is 5.32. The molecule has 0 aliphatic rings. The van der Waals surface area contributed by atoms with Gasteiger partial charge in [0.05, 0.1) is 0 Å². The van der Waals surface area contributed by atoms with Gasteiger partial charge in [-0.15, -0.1) is 0 Å². The number of carbonyl (C=O) groups excluding carboxylic acids is 2. The fraction of sp³-hybridized carbons (Fsp3) is 0.364. The van der Waals surface area contributed by atoms with E-state index in [9.17, 15) is 9.59 Å². The zero-order valence-corrected chi connectivity index (χ0v) is 16.6. The van der Waals surface area contributed by atoms with E-state index in [-0.39, 0.29) is 5.91 Å². The molecule has 0 radical (unpaired) electrons. The van der Waals surface area contributed by atoms with Gasteiger partial charge in [0.25, 0.3) is 0 Å². The van der Waals surface area contributed by atoms with Gasteiger partial charge in [-0.3, -0.25) is 4.79 Å². The average molecular weight is 368 g/mol. The molecule has 2 aromatic rings. The molecule has 0 aromatic heterocycles. The van der Waals surface area contributed by atoms with E-state index in [4.69, 9.17) is 4.74 Å². The Kier molecular flexibility index (Phi) is 6.61. The number of nitrogens with one attached hydrogen (secondary N) is 2. The molecule has 2 amide bonds. The summed E-state index contributed by atoms with van der Waals surface area (Å²) in [4.78, 5) is 25.1. The number of benzene rings is 2. The molecule has 2 rings (SSSR count). The van der Waals surface area contributed by atoms with Gasteiger partial charge in [-0.2, -0.15) is 0 Å². The molecule has 5 heteroatoms. The molecule has 0 unspecified atom stereocenters. The summed E-state index contributed by atoms with van der Waals surface area (Å²) in [6.07, 6.45) is -0.240. The second-order valence-electron chi connectivity index (χ2n) is 7.63. The van der Waals surface area contributed by atoms with Crippen molar-refractivity contribution in [1.82, 2.24) is 5.32 Å². The van der Waals surface area contributed by atoms with Crippen LogP contribution < -0.4 is 10.6 Å². The first-order valence-corrected chi connectivity index (χ1v) is 9.06. The van der Waals surface area contributed by atoms with Crippen molar-refractivity contribution in [3.8, 4) is 0 Å². The number of hydrogen-bond acceptors (Lipinski definition) is 3. The molecular weight excluding hydrogens is 340 g/mol. The maximum Gasteiger partial charge on any atom is 0.408 e. The number of alkyl carbamates (subject to hydrolysis) is 1. The van der Waals surface area contributed by atoms with Gasteiger partial charge < -0.3 is 15.4 Å². The number of carbonyl (C=O) groups is 2. The Morgan fingerprint density at radius 2 is 1.67 bits per heavy atom. The molecule has 27 heavy (non-hydrogen) atoms. The van der Waals surface area contributed by atoms with E-state index in [0.717, 1.165) is 22.4 Å². The highest BCUT2D eigenvalue weighted by Crippen LogP contribution is 2.18. The molecule has 0 aliphatic carbocycles. The van der Waals surface area contributed by atoms with Gasteiger partial charge >= 0.3 is 6.09 Å². The predicted molar refractivity (Wildman–Crippen MR) is 108 cm³/mol. The van der Waals surface area contributed by atoms with Gasteiger partial charge in [0.15, 0.2) is 0 Å². The van der Waals surface area contributed by atoms with Gasteiger partial charge in [0.1, 0.15) is 11.6 Å². The molecule has 2 N–H and O–H groups in total. The summed E-state index contributed by atoms with van der Waals surface area (Å²) in [5.41, 5.74) is 3.15. The Labute approximate surface area is 161 Å². The van der Waals surface area contributed by atoms with Crippen LogP contribution in [0.1, 0.15) is 37.5 Å². The smallest absolute Gasteiger partial charge is 0.408 e. The van der Waals surface area contributed by atoms with Crippen molar-refractivity contribution in [3.63, 3.8) is 0 Å². The normalized spacial score (nSPS) is 12.2. The van der Waals surface area contributed by atoms with E-state index in [2.05, 4.69) is 10.6 Å². The number of aryl methyl sites for hydroxylation is 1. The second kappa shape index (κ2) is 8.71. The highest BCUT2D eigenvalue weighted by molar-refractivity contribution is 5.97. The molecule has 2 aromatic carbocycles. The van der Waals surface area contributed by atoms with Crippen LogP contribution in [-0.2, 0) is 16.0 Å². The van der Waals surface area contributed by atoms with Crippen molar-refractivity contribution < 1.29 is 14.3 Å². The lowest BCUT2D eigenvalue weighted by Gasteiger charge is -2.24. The zero-order valence-electron chi connectivity index (χ0n) is 16.6. The van der Waals surface area contributed by atoms with Crippen molar-refractivity contribution in [1.29, 1.82) is 0 Å². The van der Waals surface area contributed by atoms with Gasteiger partial charge in [-0.05, 0) is 57.4 Å². The van der Waals surface area contributed by atoms with Crippen molar-refractivity contribution in [3.05, 3.63) is 65.2 Å². The van der Waals surface area contributed by atoms with Crippen molar-refractivity contribution in [2.24, 2.45) is 0 Å². The SMILES string of the molecule is Cc1cccc(NC(=O)[C@H](Cc2ccccc2)NC(=O)OC(C)(C)C)c1C. The lowest BCUT2D eigenvalue weighted by atomic mass is 10.0. The lowest BCUT2D eigenvalue weighted by Crippen LogP contribution is -2.47. The Morgan fingerprint density at radius 3 is 2.30 bits per heavy atom. The Balaban J connectivity index is 2.18. The topological polar surface area (TPSA) is 67.4 Å². The molecule has 0 aliphatic heterocycles. The third-order valence-electron chi connectivity index (χ3n) is 4.15. The number of anilines is 1. The Bertz CT molecular complexity index is 795. The van der Waals surface area contributed by atoms with E-state index in [1.165, 1.54) is 0 Å². The van der Waals surface area contributed by atoms with E-state index in [1.54, 1.807) is 20.8 Å². The molecule has 0 spiro atoms. The highest BCUT2D eigenvalue weighted by Gasteiger charge is 2.25. The lowest BCUT2D eigenvalue weighted by molar-refractivity contribution is -0.118. The van der Waals surface area contributed by atoms with Gasteiger partial charge in [0.2, 0.25) is 5.91 Å². The maximum atomic E-state index is 12.9. The standard InChI is InChI=1S/C22H28N2O3/c1-15-10-9-13-18(16(15)2)23-20(25)19(14-17-11-7-6-8-12-17)24-21(26)27-22(3,4)5/h6-13,19H,14H2,1-5H3,(H,23,25)(H,24,26)/t19-/m0/s1. The van der Waals surface area contributed by atoms with Gasteiger partial charge in [-0.25, -0.2) is 4.79 Å². The molecule has 1 atom stereocenters. The van der Waals surface area contributed by atoms with Crippen LogP contribution in [0.3, 0.4) is 0 Å². The van der Waals surface area contributed by atoms with Gasteiger partial charge in [-0.1, -0.05) is 42.5 Å². The Morgan fingerprint density at radius 1 is 1.00 bits per heavy atom. The predicted octanol–water partition coefficient (Wildman–Crippen LogP) is 4.38. The molecule has 0 fully saturated rings. The average Bonchev–Trinajstić information content (AvgIpc) is 2.57. The third-order valence-corrected chi connectivity index (χ3v) is 4.15. The number of amides is 2. The van der Waals surface area contributed by atoms with Gasteiger partial charge in [0, 0.05) is 12.1 Å². The molecular formula is C22H28N2O3. The van der Waals surface area contributed by atoms with Crippen LogP contribution in [0.2, 0.25) is 0 Å². The van der Waals surface area contributed by atoms with E-state index in [0.29, 0.717) is 6.42 Å². The molecule has 0 saturated carbocycles. The van der Waals surface area contributed by atoms with Crippen LogP contribution in [0.25, 0.3) is 0 Å². The Hall–Kier alpha value is -2.82. The quantitative estimate of drug-likeness (QED) is 0.823. The number of rotatable bonds is 5. The van der Waals surface area contributed by atoms with Crippen molar-refractivity contribution in [2.75, 3.05) is 5.32 Å². The minimum atomic E-state index is -0.748. The summed E-state index contributed by atoms with van der Waals surface area (Å²) in [5, 5.41) is 5.63. The minimum absolute atomic E-state index is 0.279. The first-order valence-electron chi connectivity index (χ1n) is 9.06. The van der Waals surface area contributed by atoms with E-state index < -0.39 is 17.7 Å². The van der Waals surface area contributed by atoms with Crippen molar-refractivity contribution in [2.45, 2.75) is 52.7 Å². The molecule has 0 saturated heterocycles. The van der Waals surface area contributed by atoms with Crippen LogP contribution in [-0.4, -0.2) is 23.6 Å². The van der Waals surface area contributed by atoms with Crippen LogP contribution in [0.15, 0.2) is 48.5 Å². The van der Waals surface area contributed by atoms with Crippen LogP contribution in [0.5, 0.6) is 0 Å². The minimum Gasteiger partial charge on any atom is -0.444 e. The third kappa shape index (κ3) is 6.44. The zero-order chi connectivity index (χ0) is 20.0. The first kappa shape index (κ1) is 20.5. The maximum absolute atomic E-state index is 12.9. The summed E-state index contributed by atoms with van der Waals surface area (Å²) >= 11 is 0. The molecule has 0 bridgehead atoms. The van der Waals surface area contributed by atoms with E-state index >= 15 is 0 Å². The van der Waals surface area contributed by atoms with E-state index in [1.807, 2.05) is 62.4 Å². The first-order chi connectivity index (χ1) is 12.7. The summed E-state index contributed by atoms with van der Waals surface area (Å²) in [6, 6.07) is 14.6. The number of hydrogen-bond donors (Lipinski definition) is 2. The highest BCUT2D eigenvalue weighted by atomic mass is 16.6. The van der Waals surface area contributed by atoms with Crippen LogP contribution >= 0.6 is 0 Å². The summed E-state index contributed by atoms with van der Waals surface area (Å²) in [5.74, 6) is -0.279. The molecule has 0 heterocycles. The molecule has 5 nitrogen and oxygen atoms in total. The second-order valence-corrected chi connectivity index (χ2v) is 7.63. The summed E-state index contributed by atoms with van der Waals surface area (Å²) in [6.45, 7) is 9.31. The fourth-order valence-electron chi connectivity index (χ4n) is 2.62. The fourth-order valence-corrected chi connectivity index (χ4v) is 2.62. The largest absolute Gasteiger partial charge is 0.444 e. The molecule has 144 valence electrons. The van der Waals surface area contributed by atoms with Crippen LogP contribution in [0, 0.1) is 13.8 Å². The monoisotopic (exact) mass is 368 g/mol.